The van der Waals surface area contributed by atoms with Crippen LogP contribution in [0.3, 0.4) is 0 Å². The number of amides is 1. The molecule has 110 valence electrons. The van der Waals surface area contributed by atoms with Gasteiger partial charge < -0.3 is 15.4 Å². The molecule has 0 aliphatic rings. The Balaban J connectivity index is 2.74. The molecule has 0 aliphatic carbocycles. The molecule has 1 aromatic rings. The normalized spacial score (nSPS) is 11.8. The van der Waals surface area contributed by atoms with Crippen LogP contribution in [-0.4, -0.2) is 25.1 Å². The summed E-state index contributed by atoms with van der Waals surface area (Å²) in [5.41, 5.74) is 2.24. The van der Waals surface area contributed by atoms with E-state index < -0.39 is 6.10 Å². The van der Waals surface area contributed by atoms with Gasteiger partial charge in [0.2, 0.25) is 0 Å². The summed E-state index contributed by atoms with van der Waals surface area (Å²) >= 11 is 0. The van der Waals surface area contributed by atoms with E-state index in [0.29, 0.717) is 6.54 Å². The molecule has 1 amide bonds. The smallest absolute Gasteiger partial charge is 0.261 e. The fourth-order valence-corrected chi connectivity index (χ4v) is 1.78. The highest BCUT2D eigenvalue weighted by atomic mass is 16.5. The Bertz CT molecular complexity index is 458. The fourth-order valence-electron chi connectivity index (χ4n) is 1.78. The van der Waals surface area contributed by atoms with Crippen molar-refractivity contribution in [3.63, 3.8) is 0 Å². The van der Waals surface area contributed by atoms with Gasteiger partial charge in [0.15, 0.2) is 6.10 Å². The number of rotatable bonds is 8. The minimum absolute atomic E-state index is 0.139. The first-order valence-electron chi connectivity index (χ1n) is 6.94. The molecule has 0 spiro atoms. The summed E-state index contributed by atoms with van der Waals surface area (Å²) < 4.78 is 5.77. The predicted molar refractivity (Wildman–Crippen MR) is 81.9 cm³/mol. The van der Waals surface area contributed by atoms with Gasteiger partial charge in [0.1, 0.15) is 5.75 Å². The lowest BCUT2D eigenvalue weighted by molar-refractivity contribution is -0.127. The zero-order chi connectivity index (χ0) is 15.0. The van der Waals surface area contributed by atoms with Crippen molar-refractivity contribution in [3.05, 3.63) is 42.0 Å². The molecule has 1 unspecified atom stereocenters. The second-order valence-electron chi connectivity index (χ2n) is 4.69. The van der Waals surface area contributed by atoms with Crippen molar-refractivity contribution in [3.8, 4) is 5.75 Å². The Hall–Kier alpha value is -1.81. The van der Waals surface area contributed by atoms with Gasteiger partial charge in [-0.25, -0.2) is 0 Å². The maximum atomic E-state index is 11.8. The van der Waals surface area contributed by atoms with Crippen LogP contribution < -0.4 is 15.4 Å². The maximum absolute atomic E-state index is 11.8. The van der Waals surface area contributed by atoms with Crippen molar-refractivity contribution in [2.45, 2.75) is 33.4 Å². The number of carbonyl (C=O) groups excluding carboxylic acids is 1. The quantitative estimate of drug-likeness (QED) is 0.716. The summed E-state index contributed by atoms with van der Waals surface area (Å²) in [6.07, 6.45) is 1.12. The van der Waals surface area contributed by atoms with Crippen LogP contribution >= 0.6 is 0 Å². The second-order valence-corrected chi connectivity index (χ2v) is 4.69. The van der Waals surface area contributed by atoms with E-state index in [0.717, 1.165) is 24.4 Å². The van der Waals surface area contributed by atoms with E-state index >= 15 is 0 Å². The first-order valence-corrected chi connectivity index (χ1v) is 6.94. The van der Waals surface area contributed by atoms with Crippen molar-refractivity contribution in [2.75, 3.05) is 13.1 Å². The van der Waals surface area contributed by atoms with E-state index in [2.05, 4.69) is 30.2 Å². The molecule has 0 saturated heterocycles. The average Bonchev–Trinajstić information content (AvgIpc) is 2.44. The standard InChI is InChI=1S/C16H24N2O2/c1-5-9-18-16(19)13(4)20-15-8-7-12(3)10-14(15)11-17-6-2/h5,7-8,10,13,17H,1,6,9,11H2,2-4H3,(H,18,19). The molecule has 0 bridgehead atoms. The van der Waals surface area contributed by atoms with E-state index in [4.69, 9.17) is 4.74 Å². The van der Waals surface area contributed by atoms with Crippen LogP contribution in [0, 0.1) is 6.92 Å². The van der Waals surface area contributed by atoms with Crippen LogP contribution in [-0.2, 0) is 11.3 Å². The molecule has 0 heterocycles. The van der Waals surface area contributed by atoms with Crippen LogP contribution in [0.25, 0.3) is 0 Å². The number of hydrogen-bond acceptors (Lipinski definition) is 3. The van der Waals surface area contributed by atoms with Crippen LogP contribution in [0.4, 0.5) is 0 Å². The van der Waals surface area contributed by atoms with Crippen molar-refractivity contribution in [1.29, 1.82) is 0 Å². The second kappa shape index (κ2) is 8.38. The SMILES string of the molecule is C=CCNC(=O)C(C)Oc1ccc(C)cc1CNCC. The predicted octanol–water partition coefficient (Wildman–Crippen LogP) is 2.17. The lowest BCUT2D eigenvalue weighted by Gasteiger charge is -2.17. The van der Waals surface area contributed by atoms with Gasteiger partial charge in [0.05, 0.1) is 0 Å². The Labute approximate surface area is 121 Å². The van der Waals surface area contributed by atoms with Crippen molar-refractivity contribution in [1.82, 2.24) is 10.6 Å². The maximum Gasteiger partial charge on any atom is 0.261 e. The van der Waals surface area contributed by atoms with Gasteiger partial charge in [0.25, 0.3) is 5.91 Å². The van der Waals surface area contributed by atoms with Gasteiger partial charge >= 0.3 is 0 Å². The van der Waals surface area contributed by atoms with Gasteiger partial charge in [-0.15, -0.1) is 6.58 Å². The summed E-state index contributed by atoms with van der Waals surface area (Å²) in [5.74, 6) is 0.609. The van der Waals surface area contributed by atoms with Gasteiger partial charge in [0, 0.05) is 18.7 Å². The summed E-state index contributed by atoms with van der Waals surface area (Å²) in [6, 6.07) is 5.98. The van der Waals surface area contributed by atoms with Crippen LogP contribution in [0.5, 0.6) is 5.75 Å². The largest absolute Gasteiger partial charge is 0.481 e. The third kappa shape index (κ3) is 5.05. The average molecular weight is 276 g/mol. The minimum atomic E-state index is -0.530. The Kier molecular flexibility index (Phi) is 6.81. The van der Waals surface area contributed by atoms with E-state index in [1.54, 1.807) is 13.0 Å². The Morgan fingerprint density at radius 1 is 1.50 bits per heavy atom. The highest BCUT2D eigenvalue weighted by Gasteiger charge is 2.15. The van der Waals surface area contributed by atoms with Crippen LogP contribution in [0.15, 0.2) is 30.9 Å². The van der Waals surface area contributed by atoms with Gasteiger partial charge in [-0.3, -0.25) is 4.79 Å². The van der Waals surface area contributed by atoms with E-state index in [-0.39, 0.29) is 5.91 Å². The molecular formula is C16H24N2O2. The molecule has 4 heteroatoms. The van der Waals surface area contributed by atoms with E-state index in [1.807, 2.05) is 19.1 Å². The molecule has 1 rings (SSSR count). The summed E-state index contributed by atoms with van der Waals surface area (Å²) in [5, 5.41) is 6.00. The molecule has 2 N–H and O–H groups in total. The summed E-state index contributed by atoms with van der Waals surface area (Å²) in [4.78, 5) is 11.8. The van der Waals surface area contributed by atoms with Crippen LogP contribution in [0.1, 0.15) is 25.0 Å². The van der Waals surface area contributed by atoms with Crippen molar-refractivity contribution in [2.24, 2.45) is 0 Å². The molecule has 0 aromatic heterocycles. The topological polar surface area (TPSA) is 50.4 Å². The highest BCUT2D eigenvalue weighted by molar-refractivity contribution is 5.80. The van der Waals surface area contributed by atoms with Crippen LogP contribution in [0.2, 0.25) is 0 Å². The lowest BCUT2D eigenvalue weighted by Crippen LogP contribution is -2.36. The number of hydrogen-bond donors (Lipinski definition) is 2. The fraction of sp³-hybridized carbons (Fsp3) is 0.438. The number of ether oxygens (including phenoxy) is 1. The zero-order valence-corrected chi connectivity index (χ0v) is 12.5. The Morgan fingerprint density at radius 2 is 2.25 bits per heavy atom. The molecule has 0 aliphatic heterocycles. The number of benzene rings is 1. The molecule has 4 nitrogen and oxygen atoms in total. The third-order valence-corrected chi connectivity index (χ3v) is 2.88. The van der Waals surface area contributed by atoms with Crippen molar-refractivity contribution < 1.29 is 9.53 Å². The molecule has 1 atom stereocenters. The first kappa shape index (κ1) is 16.2. The summed E-state index contributed by atoms with van der Waals surface area (Å²) in [6.45, 7) is 11.5. The number of aryl methyl sites for hydroxylation is 1. The third-order valence-electron chi connectivity index (χ3n) is 2.88. The van der Waals surface area contributed by atoms with Crippen molar-refractivity contribution >= 4 is 5.91 Å². The molecule has 0 fully saturated rings. The van der Waals surface area contributed by atoms with Gasteiger partial charge in [-0.2, -0.15) is 0 Å². The number of nitrogens with one attached hydrogen (secondary N) is 2. The van der Waals surface area contributed by atoms with E-state index in [9.17, 15) is 4.79 Å². The molecular weight excluding hydrogens is 252 g/mol. The van der Waals surface area contributed by atoms with E-state index in [1.165, 1.54) is 5.56 Å². The molecule has 0 saturated carbocycles. The minimum Gasteiger partial charge on any atom is -0.481 e. The zero-order valence-electron chi connectivity index (χ0n) is 12.5. The van der Waals surface area contributed by atoms with Gasteiger partial charge in [-0.1, -0.05) is 30.7 Å². The van der Waals surface area contributed by atoms with Gasteiger partial charge in [-0.05, 0) is 26.5 Å². The molecule has 1 aromatic carbocycles. The molecule has 20 heavy (non-hydrogen) atoms. The summed E-state index contributed by atoms with van der Waals surface area (Å²) in [7, 11) is 0. The number of carbonyl (C=O) groups is 1. The first-order chi connectivity index (χ1) is 9.58. The lowest BCUT2D eigenvalue weighted by atomic mass is 10.1. The highest BCUT2D eigenvalue weighted by Crippen LogP contribution is 2.21. The monoisotopic (exact) mass is 276 g/mol. The molecule has 0 radical (unpaired) electrons. The Morgan fingerprint density at radius 3 is 2.90 bits per heavy atom.